The highest BCUT2D eigenvalue weighted by Gasteiger charge is 2.37. The van der Waals surface area contributed by atoms with E-state index in [-0.39, 0.29) is 11.8 Å². The number of benzene rings is 1. The van der Waals surface area contributed by atoms with Gasteiger partial charge in [0.05, 0.1) is 10.7 Å². The number of nitrogens with one attached hydrogen (secondary N) is 1. The number of amides is 2. The van der Waals surface area contributed by atoms with Gasteiger partial charge < -0.3 is 10.2 Å². The van der Waals surface area contributed by atoms with E-state index in [2.05, 4.69) is 5.32 Å². The molecule has 0 saturated carbocycles. The Morgan fingerprint density at radius 2 is 2.04 bits per heavy atom. The van der Waals surface area contributed by atoms with Crippen molar-refractivity contribution in [2.45, 2.75) is 44.9 Å². The van der Waals surface area contributed by atoms with E-state index in [9.17, 15) is 9.59 Å². The van der Waals surface area contributed by atoms with Crippen molar-refractivity contribution in [1.82, 2.24) is 10.3 Å². The summed E-state index contributed by atoms with van der Waals surface area (Å²) in [5.41, 5.74) is 2.08. The number of rotatable bonds is 6. The molecule has 1 aromatic heterocycles. The minimum atomic E-state index is -0.595. The largest absolute Gasteiger partial charge is 0.355 e. The van der Waals surface area contributed by atoms with Crippen LogP contribution in [0.2, 0.25) is 5.02 Å². The molecule has 1 saturated heterocycles. The summed E-state index contributed by atoms with van der Waals surface area (Å²) in [5.74, 6) is -0.893. The Labute approximate surface area is 174 Å². The quantitative estimate of drug-likeness (QED) is 0.574. The van der Waals surface area contributed by atoms with E-state index < -0.39 is 5.92 Å². The lowest BCUT2D eigenvalue weighted by Crippen LogP contribution is -2.37. The first-order chi connectivity index (χ1) is 13.6. The number of fused-ring (bicyclic) bond motifs is 1. The fourth-order valence-corrected chi connectivity index (χ4v) is 5.21. The van der Waals surface area contributed by atoms with E-state index >= 15 is 0 Å². The number of carbonyl (C=O) groups is 2. The van der Waals surface area contributed by atoms with Crippen LogP contribution in [0.5, 0.6) is 0 Å². The van der Waals surface area contributed by atoms with Gasteiger partial charge in [0.1, 0.15) is 5.92 Å². The maximum absolute atomic E-state index is 12.6. The van der Waals surface area contributed by atoms with Gasteiger partial charge in [0, 0.05) is 35.1 Å². The van der Waals surface area contributed by atoms with Crippen LogP contribution in [0.3, 0.4) is 0 Å². The standard InChI is InChI=1S/C21H24ClN3O2S/c22-14-7-9-15(10-8-14)25-13-11-16(21(25)27)20(26)23-12-3-6-19-24-17-4-1-2-5-18(17)28-19/h7-10,16H,1-6,11-13H2,(H,23,26). The topological polar surface area (TPSA) is 62.3 Å². The van der Waals surface area contributed by atoms with Crippen LogP contribution in [-0.2, 0) is 28.9 Å². The molecule has 1 aromatic carbocycles. The van der Waals surface area contributed by atoms with Gasteiger partial charge >= 0.3 is 0 Å². The lowest BCUT2D eigenvalue weighted by molar-refractivity contribution is -0.132. The Morgan fingerprint density at radius 3 is 2.82 bits per heavy atom. The molecule has 1 fully saturated rings. The normalized spacial score (nSPS) is 19.0. The molecule has 28 heavy (non-hydrogen) atoms. The zero-order chi connectivity index (χ0) is 19.5. The number of aromatic nitrogens is 1. The van der Waals surface area contributed by atoms with Crippen molar-refractivity contribution in [3.8, 4) is 0 Å². The molecule has 2 amide bonds. The van der Waals surface area contributed by atoms with E-state index in [1.54, 1.807) is 17.0 Å². The predicted molar refractivity (Wildman–Crippen MR) is 112 cm³/mol. The van der Waals surface area contributed by atoms with Gasteiger partial charge in [0.25, 0.3) is 0 Å². The molecule has 0 radical (unpaired) electrons. The SMILES string of the molecule is O=C(NCCCc1nc2c(s1)CCCC2)C1CCN(c2ccc(Cl)cc2)C1=O. The van der Waals surface area contributed by atoms with E-state index in [1.165, 1.54) is 28.4 Å². The minimum absolute atomic E-state index is 0.132. The minimum Gasteiger partial charge on any atom is -0.355 e. The number of hydrogen-bond donors (Lipinski definition) is 1. The lowest BCUT2D eigenvalue weighted by atomic mass is 10.0. The van der Waals surface area contributed by atoms with Crippen LogP contribution < -0.4 is 10.2 Å². The summed E-state index contributed by atoms with van der Waals surface area (Å²) >= 11 is 7.73. The first-order valence-corrected chi connectivity index (χ1v) is 11.1. The molecule has 0 bridgehead atoms. The zero-order valence-corrected chi connectivity index (χ0v) is 17.3. The monoisotopic (exact) mass is 417 g/mol. The fraction of sp³-hybridized carbons (Fsp3) is 0.476. The third kappa shape index (κ3) is 4.23. The van der Waals surface area contributed by atoms with Crippen LogP contribution in [0.1, 0.15) is 41.3 Å². The molecule has 2 aromatic rings. The molecule has 1 N–H and O–H groups in total. The number of halogens is 1. The van der Waals surface area contributed by atoms with Gasteiger partial charge in [-0.15, -0.1) is 11.3 Å². The average molecular weight is 418 g/mol. The number of hydrogen-bond acceptors (Lipinski definition) is 4. The highest BCUT2D eigenvalue weighted by molar-refractivity contribution is 7.11. The van der Waals surface area contributed by atoms with Crippen molar-refractivity contribution < 1.29 is 9.59 Å². The molecule has 4 rings (SSSR count). The van der Waals surface area contributed by atoms with Crippen molar-refractivity contribution in [2.24, 2.45) is 5.92 Å². The maximum atomic E-state index is 12.6. The Morgan fingerprint density at radius 1 is 1.25 bits per heavy atom. The Balaban J connectivity index is 1.24. The zero-order valence-electron chi connectivity index (χ0n) is 15.7. The second-order valence-corrected chi connectivity index (χ2v) is 8.99. The van der Waals surface area contributed by atoms with Crippen LogP contribution in [0.25, 0.3) is 0 Å². The Bertz CT molecular complexity index is 842. The lowest BCUT2D eigenvalue weighted by Gasteiger charge is -2.16. The van der Waals surface area contributed by atoms with Gasteiger partial charge in [-0.05, 0) is 62.8 Å². The number of thiazole rings is 1. The van der Waals surface area contributed by atoms with E-state index in [4.69, 9.17) is 16.6 Å². The third-order valence-electron chi connectivity index (χ3n) is 5.42. The molecular formula is C21H24ClN3O2S. The van der Waals surface area contributed by atoms with Crippen LogP contribution >= 0.6 is 22.9 Å². The first kappa shape index (κ1) is 19.4. The molecule has 1 aliphatic carbocycles. The van der Waals surface area contributed by atoms with Crippen molar-refractivity contribution in [2.75, 3.05) is 18.0 Å². The van der Waals surface area contributed by atoms with Crippen LogP contribution in [0, 0.1) is 5.92 Å². The summed E-state index contributed by atoms with van der Waals surface area (Å²) in [4.78, 5) is 32.9. The molecule has 5 nitrogen and oxygen atoms in total. The predicted octanol–water partition coefficient (Wildman–Crippen LogP) is 3.78. The molecule has 7 heteroatoms. The summed E-state index contributed by atoms with van der Waals surface area (Å²) < 4.78 is 0. The first-order valence-electron chi connectivity index (χ1n) is 9.94. The molecular weight excluding hydrogens is 394 g/mol. The highest BCUT2D eigenvalue weighted by atomic mass is 35.5. The van der Waals surface area contributed by atoms with Gasteiger partial charge in [0.15, 0.2) is 0 Å². The van der Waals surface area contributed by atoms with Crippen LogP contribution in [0.4, 0.5) is 5.69 Å². The molecule has 1 unspecified atom stereocenters. The Hall–Kier alpha value is -1.92. The number of carbonyl (C=O) groups excluding carboxylic acids is 2. The summed E-state index contributed by atoms with van der Waals surface area (Å²) in [6, 6.07) is 7.14. The van der Waals surface area contributed by atoms with Crippen molar-refractivity contribution >= 4 is 40.4 Å². The maximum Gasteiger partial charge on any atom is 0.239 e. The Kier molecular flexibility index (Phi) is 5.97. The van der Waals surface area contributed by atoms with Crippen LogP contribution in [-0.4, -0.2) is 29.9 Å². The number of nitrogens with zero attached hydrogens (tertiary/aromatic N) is 2. The molecule has 1 aliphatic heterocycles. The van der Waals surface area contributed by atoms with Gasteiger partial charge in [0.2, 0.25) is 11.8 Å². The third-order valence-corrected chi connectivity index (χ3v) is 6.89. The summed E-state index contributed by atoms with van der Waals surface area (Å²) in [7, 11) is 0. The van der Waals surface area contributed by atoms with Gasteiger partial charge in [-0.3, -0.25) is 9.59 Å². The molecule has 2 aliphatic rings. The molecule has 2 heterocycles. The smallest absolute Gasteiger partial charge is 0.239 e. The van der Waals surface area contributed by atoms with Crippen molar-refractivity contribution in [3.05, 3.63) is 44.9 Å². The highest BCUT2D eigenvalue weighted by Crippen LogP contribution is 2.28. The molecule has 0 spiro atoms. The van der Waals surface area contributed by atoms with Gasteiger partial charge in [-0.2, -0.15) is 0 Å². The number of anilines is 1. The van der Waals surface area contributed by atoms with Crippen LogP contribution in [0.15, 0.2) is 24.3 Å². The van der Waals surface area contributed by atoms with Crippen molar-refractivity contribution in [1.29, 1.82) is 0 Å². The summed E-state index contributed by atoms with van der Waals surface area (Å²) in [6.45, 7) is 1.14. The molecule has 148 valence electrons. The second kappa shape index (κ2) is 8.62. The summed E-state index contributed by atoms with van der Waals surface area (Å²) in [5, 5.41) is 4.74. The summed E-state index contributed by atoms with van der Waals surface area (Å²) in [6.07, 6.45) is 7.07. The van der Waals surface area contributed by atoms with Gasteiger partial charge in [-0.1, -0.05) is 11.6 Å². The fourth-order valence-electron chi connectivity index (χ4n) is 3.89. The van der Waals surface area contributed by atoms with Crippen molar-refractivity contribution in [3.63, 3.8) is 0 Å². The van der Waals surface area contributed by atoms with E-state index in [0.717, 1.165) is 31.4 Å². The number of aryl methyl sites for hydroxylation is 3. The van der Waals surface area contributed by atoms with E-state index in [1.807, 2.05) is 23.5 Å². The van der Waals surface area contributed by atoms with Gasteiger partial charge in [-0.25, -0.2) is 4.98 Å². The second-order valence-electron chi connectivity index (χ2n) is 7.39. The van der Waals surface area contributed by atoms with E-state index in [0.29, 0.717) is 24.5 Å². The molecule has 1 atom stereocenters. The average Bonchev–Trinajstić information content (AvgIpc) is 3.29.